The van der Waals surface area contributed by atoms with Crippen molar-refractivity contribution >= 4 is 11.6 Å². The van der Waals surface area contributed by atoms with Gasteiger partial charge in [-0.05, 0) is 17.7 Å². The smallest absolute Gasteiger partial charge is 0.245 e. The lowest BCUT2D eigenvalue weighted by Gasteiger charge is -2.12. The van der Waals surface area contributed by atoms with Crippen molar-refractivity contribution in [3.05, 3.63) is 66.2 Å². The zero-order valence-electron chi connectivity index (χ0n) is 9.34. The highest BCUT2D eigenvalue weighted by Crippen LogP contribution is 2.13. The molecule has 0 unspecified atom stereocenters. The van der Waals surface area contributed by atoms with Crippen LogP contribution in [0.2, 0.25) is 0 Å². The van der Waals surface area contributed by atoms with Crippen molar-refractivity contribution in [3.63, 3.8) is 0 Å². The molecule has 0 spiro atoms. The third kappa shape index (κ3) is 2.92. The van der Waals surface area contributed by atoms with Gasteiger partial charge in [0, 0.05) is 5.69 Å². The summed E-state index contributed by atoms with van der Waals surface area (Å²) in [4.78, 5) is 11.9. The van der Waals surface area contributed by atoms with Crippen molar-refractivity contribution in [1.29, 1.82) is 0 Å². The van der Waals surface area contributed by atoms with Crippen LogP contribution in [0, 0.1) is 0 Å². The lowest BCUT2D eigenvalue weighted by atomic mass is 10.1. The molecule has 2 rings (SSSR count). The number of para-hydroxylation sites is 1. The number of nitrogens with two attached hydrogens (primary N) is 1. The number of hydrogen-bond acceptors (Lipinski definition) is 2. The normalized spacial score (nSPS) is 11.8. The van der Waals surface area contributed by atoms with Crippen LogP contribution in [0.3, 0.4) is 0 Å². The van der Waals surface area contributed by atoms with Gasteiger partial charge in [-0.15, -0.1) is 0 Å². The molecule has 17 heavy (non-hydrogen) atoms. The maximum atomic E-state index is 11.9. The fraction of sp³-hybridized carbons (Fsp3) is 0.0714. The number of rotatable bonds is 3. The average molecular weight is 226 g/mol. The van der Waals surface area contributed by atoms with Gasteiger partial charge in [0.25, 0.3) is 0 Å². The summed E-state index contributed by atoms with van der Waals surface area (Å²) in [7, 11) is 0. The van der Waals surface area contributed by atoms with Crippen LogP contribution in [0.15, 0.2) is 60.7 Å². The first-order valence-electron chi connectivity index (χ1n) is 5.44. The van der Waals surface area contributed by atoms with Crippen LogP contribution in [0.25, 0.3) is 0 Å². The topological polar surface area (TPSA) is 55.1 Å². The van der Waals surface area contributed by atoms with Gasteiger partial charge in [-0.25, -0.2) is 0 Å². The van der Waals surface area contributed by atoms with E-state index in [2.05, 4.69) is 5.32 Å². The van der Waals surface area contributed by atoms with E-state index in [1.807, 2.05) is 60.7 Å². The summed E-state index contributed by atoms with van der Waals surface area (Å²) in [5.41, 5.74) is 7.43. The fourth-order valence-corrected chi connectivity index (χ4v) is 1.55. The van der Waals surface area contributed by atoms with Crippen LogP contribution in [0.1, 0.15) is 11.6 Å². The summed E-state index contributed by atoms with van der Waals surface area (Å²) in [6.07, 6.45) is 0. The number of carbonyl (C=O) groups excluding carboxylic acids is 1. The van der Waals surface area contributed by atoms with E-state index in [0.29, 0.717) is 0 Å². The SMILES string of the molecule is N[C@H](C(=O)Nc1ccccc1)c1ccccc1. The molecule has 2 aromatic rings. The van der Waals surface area contributed by atoms with E-state index in [4.69, 9.17) is 5.73 Å². The van der Waals surface area contributed by atoms with Crippen molar-refractivity contribution in [2.45, 2.75) is 6.04 Å². The first kappa shape index (κ1) is 11.4. The molecule has 2 aromatic carbocycles. The summed E-state index contributed by atoms with van der Waals surface area (Å²) < 4.78 is 0. The molecule has 0 bridgehead atoms. The number of nitrogens with one attached hydrogen (secondary N) is 1. The summed E-state index contributed by atoms with van der Waals surface area (Å²) in [6, 6.07) is 18.0. The Morgan fingerprint density at radius 3 is 2.06 bits per heavy atom. The third-order valence-corrected chi connectivity index (χ3v) is 2.48. The summed E-state index contributed by atoms with van der Waals surface area (Å²) in [5, 5.41) is 2.78. The molecule has 0 saturated heterocycles. The second-order valence-electron chi connectivity index (χ2n) is 3.74. The quantitative estimate of drug-likeness (QED) is 0.843. The molecule has 0 saturated carbocycles. The van der Waals surface area contributed by atoms with Crippen LogP contribution in [0.5, 0.6) is 0 Å². The number of hydrogen-bond donors (Lipinski definition) is 2. The Kier molecular flexibility index (Phi) is 3.52. The third-order valence-electron chi connectivity index (χ3n) is 2.48. The van der Waals surface area contributed by atoms with Crippen LogP contribution < -0.4 is 11.1 Å². The predicted molar refractivity (Wildman–Crippen MR) is 68.4 cm³/mol. The Balaban J connectivity index is 2.06. The molecule has 1 amide bonds. The minimum atomic E-state index is -0.642. The molecule has 0 fully saturated rings. The van der Waals surface area contributed by atoms with Gasteiger partial charge in [0.1, 0.15) is 6.04 Å². The Morgan fingerprint density at radius 1 is 0.941 bits per heavy atom. The van der Waals surface area contributed by atoms with Gasteiger partial charge in [-0.2, -0.15) is 0 Å². The summed E-state index contributed by atoms with van der Waals surface area (Å²) in [6.45, 7) is 0. The number of anilines is 1. The molecule has 0 heterocycles. The van der Waals surface area contributed by atoms with Crippen molar-refractivity contribution < 1.29 is 4.79 Å². The van der Waals surface area contributed by atoms with E-state index in [1.54, 1.807) is 0 Å². The molecule has 0 aromatic heterocycles. The van der Waals surface area contributed by atoms with Crippen LogP contribution in [-0.2, 0) is 4.79 Å². The molecule has 0 aliphatic carbocycles. The number of carbonyl (C=O) groups is 1. The Labute approximate surface area is 100 Å². The number of amides is 1. The highest BCUT2D eigenvalue weighted by atomic mass is 16.2. The van der Waals surface area contributed by atoms with Crippen molar-refractivity contribution in [2.24, 2.45) is 5.73 Å². The maximum absolute atomic E-state index is 11.9. The van der Waals surface area contributed by atoms with Gasteiger partial charge in [-0.1, -0.05) is 48.5 Å². The van der Waals surface area contributed by atoms with E-state index in [1.165, 1.54) is 0 Å². The first-order valence-corrected chi connectivity index (χ1v) is 5.44. The van der Waals surface area contributed by atoms with Gasteiger partial charge in [0.15, 0.2) is 0 Å². The van der Waals surface area contributed by atoms with E-state index in [-0.39, 0.29) is 5.91 Å². The Bertz CT molecular complexity index is 482. The standard InChI is InChI=1S/C14H14N2O/c15-13(11-7-3-1-4-8-11)14(17)16-12-9-5-2-6-10-12/h1-10,13H,15H2,(H,16,17)/t13-/m0/s1. The minimum absolute atomic E-state index is 0.206. The van der Waals surface area contributed by atoms with Crippen LogP contribution in [-0.4, -0.2) is 5.91 Å². The second kappa shape index (κ2) is 5.27. The molecular weight excluding hydrogens is 212 g/mol. The molecule has 3 nitrogen and oxygen atoms in total. The van der Waals surface area contributed by atoms with Crippen molar-refractivity contribution in [3.8, 4) is 0 Å². The Hall–Kier alpha value is -2.13. The van der Waals surface area contributed by atoms with Gasteiger partial charge < -0.3 is 11.1 Å². The van der Waals surface area contributed by atoms with Gasteiger partial charge in [-0.3, -0.25) is 4.79 Å². The molecule has 0 radical (unpaired) electrons. The summed E-state index contributed by atoms with van der Waals surface area (Å²) >= 11 is 0. The molecule has 1 atom stereocenters. The van der Waals surface area contributed by atoms with E-state index < -0.39 is 6.04 Å². The Morgan fingerprint density at radius 2 is 1.47 bits per heavy atom. The molecule has 3 heteroatoms. The van der Waals surface area contributed by atoms with Crippen LogP contribution in [0.4, 0.5) is 5.69 Å². The van der Waals surface area contributed by atoms with Gasteiger partial charge in [0.05, 0.1) is 0 Å². The zero-order valence-corrected chi connectivity index (χ0v) is 9.34. The van der Waals surface area contributed by atoms with Crippen LogP contribution >= 0.6 is 0 Å². The lowest BCUT2D eigenvalue weighted by molar-refractivity contribution is -0.117. The van der Waals surface area contributed by atoms with Crippen molar-refractivity contribution in [2.75, 3.05) is 5.32 Å². The highest BCUT2D eigenvalue weighted by molar-refractivity contribution is 5.95. The lowest BCUT2D eigenvalue weighted by Crippen LogP contribution is -2.27. The summed E-state index contributed by atoms with van der Waals surface area (Å²) in [5.74, 6) is -0.206. The van der Waals surface area contributed by atoms with E-state index in [9.17, 15) is 4.79 Å². The number of benzene rings is 2. The molecule has 0 aliphatic rings. The fourth-order valence-electron chi connectivity index (χ4n) is 1.55. The van der Waals surface area contributed by atoms with E-state index >= 15 is 0 Å². The van der Waals surface area contributed by atoms with Gasteiger partial charge in [0.2, 0.25) is 5.91 Å². The van der Waals surface area contributed by atoms with Gasteiger partial charge >= 0.3 is 0 Å². The molecule has 3 N–H and O–H groups in total. The highest BCUT2D eigenvalue weighted by Gasteiger charge is 2.14. The first-order chi connectivity index (χ1) is 8.27. The molecular formula is C14H14N2O. The molecule has 86 valence electrons. The second-order valence-corrected chi connectivity index (χ2v) is 3.74. The molecule has 0 aliphatic heterocycles. The van der Waals surface area contributed by atoms with Crippen molar-refractivity contribution in [1.82, 2.24) is 0 Å². The largest absolute Gasteiger partial charge is 0.324 e. The van der Waals surface area contributed by atoms with E-state index in [0.717, 1.165) is 11.3 Å². The monoisotopic (exact) mass is 226 g/mol. The maximum Gasteiger partial charge on any atom is 0.245 e. The minimum Gasteiger partial charge on any atom is -0.324 e. The zero-order chi connectivity index (χ0) is 12.1. The average Bonchev–Trinajstić information content (AvgIpc) is 2.40. The predicted octanol–water partition coefficient (Wildman–Crippen LogP) is 2.33.